The van der Waals surface area contributed by atoms with Gasteiger partial charge in [0.2, 0.25) is 0 Å². The first kappa shape index (κ1) is 15.3. The van der Waals surface area contributed by atoms with Gasteiger partial charge in [0.25, 0.3) is 0 Å². The molecule has 1 saturated carbocycles. The van der Waals surface area contributed by atoms with Crippen molar-refractivity contribution in [1.29, 1.82) is 0 Å². The van der Waals surface area contributed by atoms with Crippen LogP contribution in [0.15, 0.2) is 35.2 Å². The van der Waals surface area contributed by atoms with Crippen LogP contribution in [0.2, 0.25) is 0 Å². The number of hydrogen-bond acceptors (Lipinski definition) is 3. The van der Waals surface area contributed by atoms with Crippen molar-refractivity contribution in [3.8, 4) is 5.75 Å². The van der Waals surface area contributed by atoms with Crippen LogP contribution in [0, 0.1) is 6.92 Å². The first-order valence-electron chi connectivity index (χ1n) is 7.86. The zero-order valence-corrected chi connectivity index (χ0v) is 13.9. The first-order chi connectivity index (χ1) is 10.5. The number of rotatable bonds is 3. The molecule has 0 N–H and O–H groups in total. The Morgan fingerprint density at radius 1 is 1.05 bits per heavy atom. The van der Waals surface area contributed by atoms with Gasteiger partial charge < -0.3 is 4.74 Å². The van der Waals surface area contributed by atoms with Crippen LogP contribution >= 0.6 is 0 Å². The topological polar surface area (TPSA) is 43.4 Å². The zero-order chi connectivity index (χ0) is 15.7. The van der Waals surface area contributed by atoms with E-state index >= 15 is 0 Å². The van der Waals surface area contributed by atoms with Gasteiger partial charge in [-0.15, -0.1) is 0 Å². The largest absolute Gasteiger partial charge is 0.490 e. The Bertz CT molecular complexity index is 787. The third-order valence-corrected chi connectivity index (χ3v) is 5.56. The van der Waals surface area contributed by atoms with Gasteiger partial charge in [0.1, 0.15) is 5.75 Å². The van der Waals surface area contributed by atoms with Crippen molar-refractivity contribution >= 4 is 20.6 Å². The van der Waals surface area contributed by atoms with Gasteiger partial charge in [-0.05, 0) is 50.3 Å². The summed E-state index contributed by atoms with van der Waals surface area (Å²) in [4.78, 5) is 0.386. The summed E-state index contributed by atoms with van der Waals surface area (Å²) in [5.74, 6) is 0.804. The van der Waals surface area contributed by atoms with Gasteiger partial charge in [-0.1, -0.05) is 24.6 Å². The van der Waals surface area contributed by atoms with Crippen molar-refractivity contribution in [2.24, 2.45) is 0 Å². The third-order valence-electron chi connectivity index (χ3n) is 4.42. The number of benzene rings is 2. The molecular weight excluding hydrogens is 296 g/mol. The van der Waals surface area contributed by atoms with E-state index in [1.807, 2.05) is 25.1 Å². The van der Waals surface area contributed by atoms with E-state index in [4.69, 9.17) is 4.74 Å². The van der Waals surface area contributed by atoms with Gasteiger partial charge in [-0.3, -0.25) is 0 Å². The summed E-state index contributed by atoms with van der Waals surface area (Å²) in [7, 11) is -3.26. The van der Waals surface area contributed by atoms with E-state index in [0.29, 0.717) is 4.90 Å². The van der Waals surface area contributed by atoms with Crippen molar-refractivity contribution in [3.63, 3.8) is 0 Å². The highest BCUT2D eigenvalue weighted by molar-refractivity contribution is 7.91. The van der Waals surface area contributed by atoms with Crippen LogP contribution in [-0.2, 0) is 9.84 Å². The zero-order valence-electron chi connectivity index (χ0n) is 13.1. The van der Waals surface area contributed by atoms with E-state index in [1.165, 1.54) is 25.5 Å². The molecular formula is C18H22O3S. The molecule has 1 aliphatic carbocycles. The summed E-state index contributed by atoms with van der Waals surface area (Å²) >= 11 is 0. The Morgan fingerprint density at radius 3 is 2.45 bits per heavy atom. The van der Waals surface area contributed by atoms with E-state index in [9.17, 15) is 8.42 Å². The lowest BCUT2D eigenvalue weighted by molar-refractivity contribution is 0.157. The van der Waals surface area contributed by atoms with Crippen LogP contribution in [0.25, 0.3) is 10.8 Å². The monoisotopic (exact) mass is 318 g/mol. The normalized spacial score (nSPS) is 16.8. The fraction of sp³-hybridized carbons (Fsp3) is 0.444. The van der Waals surface area contributed by atoms with Crippen LogP contribution in [-0.4, -0.2) is 20.8 Å². The molecule has 0 amide bonds. The van der Waals surface area contributed by atoms with Crippen molar-refractivity contribution < 1.29 is 13.2 Å². The molecule has 2 aromatic carbocycles. The Morgan fingerprint density at radius 2 is 1.77 bits per heavy atom. The van der Waals surface area contributed by atoms with E-state index in [2.05, 4.69) is 0 Å². The summed E-state index contributed by atoms with van der Waals surface area (Å²) < 4.78 is 30.3. The second kappa shape index (κ2) is 5.92. The highest BCUT2D eigenvalue weighted by Crippen LogP contribution is 2.34. The molecule has 1 fully saturated rings. The lowest BCUT2D eigenvalue weighted by Crippen LogP contribution is -2.19. The van der Waals surface area contributed by atoms with Crippen LogP contribution in [0.1, 0.15) is 37.7 Å². The number of aryl methyl sites for hydroxylation is 1. The van der Waals surface area contributed by atoms with Crippen LogP contribution < -0.4 is 4.74 Å². The number of hydrogen-bond donors (Lipinski definition) is 0. The lowest BCUT2D eigenvalue weighted by atomic mass is 9.97. The first-order valence-corrected chi connectivity index (χ1v) is 9.75. The van der Waals surface area contributed by atoms with Crippen molar-refractivity contribution in [3.05, 3.63) is 35.9 Å². The molecule has 1 aliphatic rings. The third kappa shape index (κ3) is 2.98. The van der Waals surface area contributed by atoms with Gasteiger partial charge in [0, 0.05) is 17.0 Å². The standard InChI is InChI=1S/C18H22O3S/c1-13-11-12-16(21-14-7-4-3-5-8-14)15-9-6-10-17(18(13)15)22(2,19)20/h6,9-12,14H,3-5,7-8H2,1-2H3. The SMILES string of the molecule is Cc1ccc(OC2CCCCC2)c2cccc(S(C)(=O)=O)c12. The van der Waals surface area contributed by atoms with Crippen molar-refractivity contribution in [2.75, 3.05) is 6.26 Å². The summed E-state index contributed by atoms with van der Waals surface area (Å²) in [5, 5.41) is 1.69. The summed E-state index contributed by atoms with van der Waals surface area (Å²) in [5.41, 5.74) is 0.965. The average molecular weight is 318 g/mol. The molecule has 0 aliphatic heterocycles. The highest BCUT2D eigenvalue weighted by Gasteiger charge is 2.19. The molecule has 0 aromatic heterocycles. The molecule has 22 heavy (non-hydrogen) atoms. The molecule has 3 nitrogen and oxygen atoms in total. The Balaban J connectivity index is 2.11. The fourth-order valence-corrected chi connectivity index (χ4v) is 4.26. The van der Waals surface area contributed by atoms with Gasteiger partial charge in [0.05, 0.1) is 11.0 Å². The molecule has 0 spiro atoms. The molecule has 3 rings (SSSR count). The average Bonchev–Trinajstić information content (AvgIpc) is 2.50. The number of fused-ring (bicyclic) bond motifs is 1. The van der Waals surface area contributed by atoms with Gasteiger partial charge in [-0.2, -0.15) is 0 Å². The number of sulfone groups is 1. The minimum absolute atomic E-state index is 0.251. The van der Waals surface area contributed by atoms with E-state index in [1.54, 1.807) is 12.1 Å². The summed E-state index contributed by atoms with van der Waals surface area (Å²) in [6.07, 6.45) is 7.39. The number of ether oxygens (including phenoxy) is 1. The smallest absolute Gasteiger partial charge is 0.176 e. The lowest BCUT2D eigenvalue weighted by Gasteiger charge is -2.24. The highest BCUT2D eigenvalue weighted by atomic mass is 32.2. The van der Waals surface area contributed by atoms with E-state index in [-0.39, 0.29) is 6.10 Å². The quantitative estimate of drug-likeness (QED) is 0.849. The molecule has 118 valence electrons. The van der Waals surface area contributed by atoms with E-state index < -0.39 is 9.84 Å². The van der Waals surface area contributed by atoms with Gasteiger partial charge in [0.15, 0.2) is 9.84 Å². The Hall–Kier alpha value is -1.55. The Labute approximate surface area is 132 Å². The molecule has 0 radical (unpaired) electrons. The van der Waals surface area contributed by atoms with Crippen molar-refractivity contribution in [1.82, 2.24) is 0 Å². The predicted molar refractivity (Wildman–Crippen MR) is 89.3 cm³/mol. The molecule has 0 heterocycles. The second-order valence-corrected chi connectivity index (χ2v) is 8.19. The predicted octanol–water partition coefficient (Wildman–Crippen LogP) is 4.26. The second-order valence-electron chi connectivity index (χ2n) is 6.21. The molecule has 4 heteroatoms. The maximum Gasteiger partial charge on any atom is 0.176 e. The van der Waals surface area contributed by atoms with Crippen LogP contribution in [0.3, 0.4) is 0 Å². The molecule has 0 saturated heterocycles. The fourth-order valence-electron chi connectivity index (χ4n) is 3.29. The maximum atomic E-state index is 12.1. The molecule has 2 aromatic rings. The van der Waals surface area contributed by atoms with Crippen molar-refractivity contribution in [2.45, 2.75) is 50.0 Å². The molecule has 0 bridgehead atoms. The van der Waals surface area contributed by atoms with Crippen LogP contribution in [0.5, 0.6) is 5.75 Å². The Kier molecular flexibility index (Phi) is 4.13. The van der Waals surface area contributed by atoms with Gasteiger partial charge in [-0.25, -0.2) is 8.42 Å². The van der Waals surface area contributed by atoms with Gasteiger partial charge >= 0.3 is 0 Å². The minimum atomic E-state index is -3.26. The van der Waals surface area contributed by atoms with E-state index in [0.717, 1.165) is 34.9 Å². The minimum Gasteiger partial charge on any atom is -0.490 e. The summed E-state index contributed by atoms with van der Waals surface area (Å²) in [6, 6.07) is 9.35. The maximum absolute atomic E-state index is 12.1. The molecule has 0 atom stereocenters. The van der Waals surface area contributed by atoms with Crippen LogP contribution in [0.4, 0.5) is 0 Å². The summed E-state index contributed by atoms with van der Waals surface area (Å²) in [6.45, 7) is 1.95. The molecule has 0 unspecified atom stereocenters.